The molecule has 0 aromatic rings. The molecule has 0 aliphatic carbocycles. The molecule has 3 fully saturated rings. The Kier molecular flexibility index (Phi) is 9.93. The van der Waals surface area contributed by atoms with Crippen molar-refractivity contribution in [1.29, 1.82) is 0 Å². The summed E-state index contributed by atoms with van der Waals surface area (Å²) >= 11 is 0. The first-order valence-corrected chi connectivity index (χ1v) is 14.3. The molecule has 3 heterocycles. The molecule has 15 atom stereocenters. The maximum atomic E-state index is 6.79. The van der Waals surface area contributed by atoms with Gasteiger partial charge in [0.2, 0.25) is 0 Å². The Morgan fingerprint density at radius 1 is 0.441 bits per heavy atom. The van der Waals surface area contributed by atoms with Crippen molar-refractivity contribution in [2.45, 2.75) is 145 Å². The lowest BCUT2D eigenvalue weighted by Gasteiger charge is -2.51. The van der Waals surface area contributed by atoms with Crippen LogP contribution >= 0.6 is 0 Å². The SMILES string of the molecule is CCC1OC(O[C@H]2C(CC)O[C@@H](O[C@H]3C(CC)O[C@@H](C)C(C)[C@H]3C)C(C)[C@H]2C)[C@H](C)[C@@H](C)[C@H]1C. The largest absolute Gasteiger partial charge is 0.372 e. The predicted molar refractivity (Wildman–Crippen MR) is 136 cm³/mol. The van der Waals surface area contributed by atoms with Gasteiger partial charge in [0.15, 0.2) is 12.6 Å². The van der Waals surface area contributed by atoms with E-state index in [1.165, 1.54) is 0 Å². The molecule has 0 saturated carbocycles. The zero-order chi connectivity index (χ0) is 25.3. The standard InChI is InChI=1S/C29H54O5/c1-12-23-17(6)15(4)20(9)28(31-23)34-27-19(8)21(10)29(32-25(27)14-3)33-26-18(7)16(5)22(11)30-24(26)13-2/h15-29H,12-14H2,1-11H3/t15-,16?,17+,18+,19+,20+,21?,22-,23?,24?,25?,26+,27+,28?,29-/m0/s1. The quantitative estimate of drug-likeness (QED) is 0.405. The Balaban J connectivity index is 1.72. The fourth-order valence-electron chi connectivity index (χ4n) is 6.46. The zero-order valence-electron chi connectivity index (χ0n) is 23.8. The Labute approximate surface area is 210 Å². The van der Waals surface area contributed by atoms with Crippen LogP contribution in [0.2, 0.25) is 0 Å². The van der Waals surface area contributed by atoms with Gasteiger partial charge in [-0.2, -0.15) is 0 Å². The summed E-state index contributed by atoms with van der Waals surface area (Å²) in [7, 11) is 0. The third-order valence-corrected chi connectivity index (χ3v) is 10.1. The molecule has 0 N–H and O–H groups in total. The van der Waals surface area contributed by atoms with Crippen LogP contribution in [-0.2, 0) is 23.7 Å². The van der Waals surface area contributed by atoms with E-state index in [1.54, 1.807) is 0 Å². The summed E-state index contributed by atoms with van der Waals surface area (Å²) in [5.41, 5.74) is 0. The summed E-state index contributed by atoms with van der Waals surface area (Å²) in [6, 6.07) is 0. The highest BCUT2D eigenvalue weighted by atomic mass is 16.7. The topological polar surface area (TPSA) is 46.2 Å². The van der Waals surface area contributed by atoms with Crippen molar-refractivity contribution in [1.82, 2.24) is 0 Å². The number of ether oxygens (including phenoxy) is 5. The van der Waals surface area contributed by atoms with Crippen molar-refractivity contribution in [3.63, 3.8) is 0 Å². The van der Waals surface area contributed by atoms with E-state index < -0.39 is 0 Å². The second-order valence-corrected chi connectivity index (χ2v) is 11.9. The van der Waals surface area contributed by atoms with Crippen molar-refractivity contribution in [3.8, 4) is 0 Å². The van der Waals surface area contributed by atoms with E-state index in [9.17, 15) is 0 Å². The molecule has 0 aromatic heterocycles. The number of hydrogen-bond donors (Lipinski definition) is 0. The first-order valence-electron chi connectivity index (χ1n) is 14.3. The molecule has 0 spiro atoms. The average Bonchev–Trinajstić information content (AvgIpc) is 2.83. The summed E-state index contributed by atoms with van der Waals surface area (Å²) in [5.74, 6) is 2.91. The molecule has 3 saturated heterocycles. The van der Waals surface area contributed by atoms with Gasteiger partial charge in [-0.15, -0.1) is 0 Å². The monoisotopic (exact) mass is 482 g/mol. The van der Waals surface area contributed by atoms with Crippen LogP contribution in [0.1, 0.15) is 95.4 Å². The zero-order valence-corrected chi connectivity index (χ0v) is 23.8. The van der Waals surface area contributed by atoms with Crippen LogP contribution in [-0.4, -0.2) is 49.2 Å². The lowest BCUT2D eigenvalue weighted by atomic mass is 9.78. The highest BCUT2D eigenvalue weighted by Gasteiger charge is 2.48. The van der Waals surface area contributed by atoms with E-state index >= 15 is 0 Å². The van der Waals surface area contributed by atoms with Gasteiger partial charge in [0.1, 0.15) is 0 Å². The van der Waals surface area contributed by atoms with Crippen LogP contribution in [0.4, 0.5) is 0 Å². The van der Waals surface area contributed by atoms with Crippen LogP contribution < -0.4 is 0 Å². The fourth-order valence-corrected chi connectivity index (χ4v) is 6.46. The maximum Gasteiger partial charge on any atom is 0.161 e. The van der Waals surface area contributed by atoms with E-state index in [2.05, 4.69) is 76.2 Å². The molecule has 5 heteroatoms. The van der Waals surface area contributed by atoms with Gasteiger partial charge in [-0.1, -0.05) is 69.2 Å². The number of hydrogen-bond acceptors (Lipinski definition) is 5. The van der Waals surface area contributed by atoms with Gasteiger partial charge < -0.3 is 23.7 Å². The van der Waals surface area contributed by atoms with E-state index in [1.807, 2.05) is 0 Å². The van der Waals surface area contributed by atoms with E-state index in [4.69, 9.17) is 23.7 Å². The predicted octanol–water partition coefficient (Wildman–Crippen LogP) is 6.68. The fraction of sp³-hybridized carbons (Fsp3) is 1.00. The lowest BCUT2D eigenvalue weighted by Crippen LogP contribution is -2.57. The average molecular weight is 483 g/mol. The Morgan fingerprint density at radius 2 is 0.853 bits per heavy atom. The van der Waals surface area contributed by atoms with Gasteiger partial charge >= 0.3 is 0 Å². The molecule has 3 aliphatic rings. The van der Waals surface area contributed by atoms with Crippen molar-refractivity contribution < 1.29 is 23.7 Å². The van der Waals surface area contributed by atoms with E-state index in [0.29, 0.717) is 35.5 Å². The Hall–Kier alpha value is -0.200. The smallest absolute Gasteiger partial charge is 0.161 e. The minimum Gasteiger partial charge on any atom is -0.372 e. The summed E-state index contributed by atoms with van der Waals surface area (Å²) in [5, 5.41) is 0. The van der Waals surface area contributed by atoms with Crippen molar-refractivity contribution in [3.05, 3.63) is 0 Å². The van der Waals surface area contributed by atoms with E-state index in [-0.39, 0.29) is 55.1 Å². The molecule has 3 rings (SSSR count). The van der Waals surface area contributed by atoms with Gasteiger partial charge in [-0.25, -0.2) is 0 Å². The van der Waals surface area contributed by atoms with Gasteiger partial charge in [-0.3, -0.25) is 0 Å². The van der Waals surface area contributed by atoms with Gasteiger partial charge in [0.25, 0.3) is 0 Å². The van der Waals surface area contributed by atoms with Crippen LogP contribution in [0.25, 0.3) is 0 Å². The molecule has 3 aliphatic heterocycles. The van der Waals surface area contributed by atoms with E-state index in [0.717, 1.165) is 19.3 Å². The molecule has 0 radical (unpaired) electrons. The molecule has 200 valence electrons. The first-order chi connectivity index (χ1) is 16.0. The van der Waals surface area contributed by atoms with Crippen molar-refractivity contribution >= 4 is 0 Å². The lowest BCUT2D eigenvalue weighted by molar-refractivity contribution is -0.339. The molecule has 5 nitrogen and oxygen atoms in total. The third kappa shape index (κ3) is 5.54. The molecule has 6 unspecified atom stereocenters. The summed E-state index contributed by atoms with van der Waals surface area (Å²) in [4.78, 5) is 0. The second kappa shape index (κ2) is 11.9. The van der Waals surface area contributed by atoms with Crippen LogP contribution in [0.15, 0.2) is 0 Å². The molecule has 0 aromatic carbocycles. The van der Waals surface area contributed by atoms with Crippen LogP contribution in [0.3, 0.4) is 0 Å². The molecule has 34 heavy (non-hydrogen) atoms. The summed E-state index contributed by atoms with van der Waals surface area (Å²) in [6.07, 6.45) is 3.16. The second-order valence-electron chi connectivity index (χ2n) is 11.9. The van der Waals surface area contributed by atoms with Gasteiger partial charge in [-0.05, 0) is 55.8 Å². The summed E-state index contributed by atoms with van der Waals surface area (Å²) < 4.78 is 33.1. The van der Waals surface area contributed by atoms with Crippen molar-refractivity contribution in [2.75, 3.05) is 0 Å². The molecular weight excluding hydrogens is 428 g/mol. The minimum atomic E-state index is -0.238. The highest BCUT2D eigenvalue weighted by molar-refractivity contribution is 4.92. The van der Waals surface area contributed by atoms with Crippen LogP contribution in [0.5, 0.6) is 0 Å². The first kappa shape index (κ1) is 28.4. The Bertz CT molecular complexity index is 622. The Morgan fingerprint density at radius 3 is 1.35 bits per heavy atom. The molecule has 0 amide bonds. The van der Waals surface area contributed by atoms with Crippen molar-refractivity contribution in [2.24, 2.45) is 41.4 Å². The third-order valence-electron chi connectivity index (χ3n) is 10.1. The number of rotatable bonds is 7. The van der Waals surface area contributed by atoms with Gasteiger partial charge in [0.05, 0.1) is 36.6 Å². The molecular formula is C29H54O5. The van der Waals surface area contributed by atoms with Crippen LogP contribution in [0, 0.1) is 41.4 Å². The minimum absolute atomic E-state index is 0.00188. The summed E-state index contributed by atoms with van der Waals surface area (Å²) in [6.45, 7) is 24.9. The normalized spacial score (nSPS) is 52.5. The highest BCUT2D eigenvalue weighted by Crippen LogP contribution is 2.42. The maximum absolute atomic E-state index is 6.79. The molecule has 0 bridgehead atoms. The van der Waals surface area contributed by atoms with Gasteiger partial charge in [0, 0.05) is 11.8 Å².